The van der Waals surface area contributed by atoms with Gasteiger partial charge in [-0.3, -0.25) is 9.69 Å². The van der Waals surface area contributed by atoms with Crippen molar-refractivity contribution < 1.29 is 9.53 Å². The van der Waals surface area contributed by atoms with E-state index >= 15 is 0 Å². The number of morpholine rings is 1. The predicted molar refractivity (Wildman–Crippen MR) is 132 cm³/mol. The van der Waals surface area contributed by atoms with Crippen LogP contribution in [-0.2, 0) is 11.3 Å². The number of benzene rings is 2. The van der Waals surface area contributed by atoms with E-state index in [1.165, 1.54) is 0 Å². The molecule has 33 heavy (non-hydrogen) atoms. The molecule has 1 aromatic heterocycles. The molecule has 0 aliphatic carbocycles. The number of aromatic nitrogens is 1. The summed E-state index contributed by atoms with van der Waals surface area (Å²) in [7, 11) is 0. The average Bonchev–Trinajstić information content (AvgIpc) is 2.83. The molecule has 174 valence electrons. The minimum absolute atomic E-state index is 0.151. The van der Waals surface area contributed by atoms with E-state index in [1.54, 1.807) is 4.90 Å². The van der Waals surface area contributed by atoms with Crippen LogP contribution in [0, 0.1) is 13.8 Å². The van der Waals surface area contributed by atoms with Gasteiger partial charge >= 0.3 is 6.03 Å². The first-order valence-electron chi connectivity index (χ1n) is 11.5. The Kier molecular flexibility index (Phi) is 7.42. The quantitative estimate of drug-likeness (QED) is 0.575. The van der Waals surface area contributed by atoms with Crippen molar-refractivity contribution >= 4 is 22.6 Å². The van der Waals surface area contributed by atoms with Gasteiger partial charge in [-0.1, -0.05) is 30.3 Å². The number of H-pyrrole nitrogens is 1. The summed E-state index contributed by atoms with van der Waals surface area (Å²) in [5, 5.41) is 3.94. The van der Waals surface area contributed by atoms with Crippen molar-refractivity contribution in [2.45, 2.75) is 26.8 Å². The number of pyridine rings is 1. The molecule has 0 atom stereocenters. The minimum Gasteiger partial charge on any atom is -0.379 e. The minimum atomic E-state index is -0.206. The van der Waals surface area contributed by atoms with E-state index in [1.807, 2.05) is 56.3 Å². The number of hydrogen-bond donors (Lipinski definition) is 2. The molecule has 0 radical (unpaired) electrons. The van der Waals surface area contributed by atoms with Crippen LogP contribution in [0.25, 0.3) is 10.9 Å². The van der Waals surface area contributed by atoms with Gasteiger partial charge in [-0.05, 0) is 55.0 Å². The number of para-hydroxylation sites is 1. The molecule has 0 saturated carbocycles. The van der Waals surface area contributed by atoms with Crippen molar-refractivity contribution in [1.29, 1.82) is 0 Å². The second-order valence-electron chi connectivity index (χ2n) is 8.62. The van der Waals surface area contributed by atoms with Crippen LogP contribution >= 0.6 is 0 Å². The van der Waals surface area contributed by atoms with Crippen molar-refractivity contribution in [3.63, 3.8) is 0 Å². The highest BCUT2D eigenvalue weighted by Crippen LogP contribution is 2.19. The summed E-state index contributed by atoms with van der Waals surface area (Å²) in [6.07, 6.45) is 0.825. The zero-order chi connectivity index (χ0) is 23.2. The van der Waals surface area contributed by atoms with Gasteiger partial charge in [0.25, 0.3) is 5.56 Å². The van der Waals surface area contributed by atoms with Gasteiger partial charge in [-0.25, -0.2) is 4.79 Å². The zero-order valence-corrected chi connectivity index (χ0v) is 19.4. The topological polar surface area (TPSA) is 77.7 Å². The molecule has 1 saturated heterocycles. The highest BCUT2D eigenvalue weighted by Gasteiger charge is 2.18. The molecule has 2 aromatic carbocycles. The van der Waals surface area contributed by atoms with Gasteiger partial charge in [0.2, 0.25) is 0 Å². The summed E-state index contributed by atoms with van der Waals surface area (Å²) in [6, 6.07) is 15.2. The number of urea groups is 1. The van der Waals surface area contributed by atoms with E-state index in [0.717, 1.165) is 67.0 Å². The Hall–Kier alpha value is -3.16. The summed E-state index contributed by atoms with van der Waals surface area (Å²) < 4.78 is 5.42. The zero-order valence-electron chi connectivity index (χ0n) is 19.4. The molecular weight excluding hydrogens is 416 g/mol. The summed E-state index contributed by atoms with van der Waals surface area (Å²) in [5.74, 6) is 0. The van der Waals surface area contributed by atoms with Crippen LogP contribution in [0.1, 0.15) is 23.1 Å². The number of nitrogens with one attached hydrogen (secondary N) is 2. The fourth-order valence-corrected chi connectivity index (χ4v) is 4.18. The van der Waals surface area contributed by atoms with E-state index in [0.29, 0.717) is 12.1 Å². The first kappa shape index (κ1) is 23.0. The molecule has 7 heteroatoms. The number of anilines is 1. The first-order chi connectivity index (χ1) is 16.0. The van der Waals surface area contributed by atoms with Crippen LogP contribution in [0.5, 0.6) is 0 Å². The Balaban J connectivity index is 1.52. The van der Waals surface area contributed by atoms with E-state index in [4.69, 9.17) is 4.74 Å². The van der Waals surface area contributed by atoms with E-state index < -0.39 is 0 Å². The maximum atomic E-state index is 13.1. The SMILES string of the molecule is Cc1ccc2cc(CN(CCCN3CCOCC3)C(=O)Nc3ccccc3)c(=O)[nH]c2c1C. The van der Waals surface area contributed by atoms with Gasteiger partial charge in [0.1, 0.15) is 0 Å². The Morgan fingerprint density at radius 3 is 2.64 bits per heavy atom. The summed E-state index contributed by atoms with van der Waals surface area (Å²) in [6.45, 7) is 9.08. The summed E-state index contributed by atoms with van der Waals surface area (Å²) in [5.41, 5.74) is 4.23. The number of carbonyl (C=O) groups is 1. The third-order valence-corrected chi connectivity index (χ3v) is 6.31. The van der Waals surface area contributed by atoms with Crippen molar-refractivity contribution in [1.82, 2.24) is 14.8 Å². The molecule has 1 aliphatic rings. The summed E-state index contributed by atoms with van der Waals surface area (Å²) in [4.78, 5) is 33.2. The smallest absolute Gasteiger partial charge is 0.322 e. The van der Waals surface area contributed by atoms with Gasteiger partial charge < -0.3 is 19.9 Å². The number of amides is 2. The molecule has 0 spiro atoms. The van der Waals surface area contributed by atoms with E-state index in [2.05, 4.69) is 21.3 Å². The maximum Gasteiger partial charge on any atom is 0.322 e. The van der Waals surface area contributed by atoms with Crippen molar-refractivity contribution in [2.75, 3.05) is 44.7 Å². The first-order valence-corrected chi connectivity index (χ1v) is 11.5. The monoisotopic (exact) mass is 448 g/mol. The maximum absolute atomic E-state index is 13.1. The molecule has 4 rings (SSSR count). The van der Waals surface area contributed by atoms with Crippen molar-refractivity contribution in [3.8, 4) is 0 Å². The molecule has 2 N–H and O–H groups in total. The predicted octanol–water partition coefficient (Wildman–Crippen LogP) is 3.90. The van der Waals surface area contributed by atoms with Crippen molar-refractivity contribution in [2.24, 2.45) is 0 Å². The second kappa shape index (κ2) is 10.6. The molecule has 1 fully saturated rings. The molecule has 2 amide bonds. The Labute approximate surface area is 194 Å². The molecule has 7 nitrogen and oxygen atoms in total. The van der Waals surface area contributed by atoms with Gasteiger partial charge in [-0.15, -0.1) is 0 Å². The number of hydrogen-bond acceptors (Lipinski definition) is 4. The largest absolute Gasteiger partial charge is 0.379 e. The number of carbonyl (C=O) groups excluding carboxylic acids is 1. The van der Waals surface area contributed by atoms with Gasteiger partial charge in [-0.2, -0.15) is 0 Å². The van der Waals surface area contributed by atoms with Crippen LogP contribution in [0.15, 0.2) is 53.3 Å². The molecular formula is C26H32N4O3. The third-order valence-electron chi connectivity index (χ3n) is 6.31. The number of fused-ring (bicyclic) bond motifs is 1. The average molecular weight is 449 g/mol. The Morgan fingerprint density at radius 2 is 1.88 bits per heavy atom. The van der Waals surface area contributed by atoms with Gasteiger partial charge in [0.15, 0.2) is 0 Å². The van der Waals surface area contributed by atoms with E-state index in [9.17, 15) is 9.59 Å². The van der Waals surface area contributed by atoms with E-state index in [-0.39, 0.29) is 18.1 Å². The lowest BCUT2D eigenvalue weighted by atomic mass is 10.0. The van der Waals surface area contributed by atoms with Gasteiger partial charge in [0, 0.05) is 37.4 Å². The van der Waals surface area contributed by atoms with Crippen LogP contribution < -0.4 is 10.9 Å². The van der Waals surface area contributed by atoms with Crippen LogP contribution in [0.2, 0.25) is 0 Å². The lowest BCUT2D eigenvalue weighted by Gasteiger charge is -2.28. The standard InChI is InChI=1S/C26H32N4O3/c1-19-9-10-21-17-22(25(31)28-24(21)20(19)2)18-30(12-6-11-29-13-15-33-16-14-29)26(32)27-23-7-4-3-5-8-23/h3-5,7-10,17H,6,11-16,18H2,1-2H3,(H,27,32)(H,28,31). The van der Waals surface area contributed by atoms with Crippen molar-refractivity contribution in [3.05, 3.63) is 75.6 Å². The van der Waals surface area contributed by atoms with Crippen LogP contribution in [0.3, 0.4) is 0 Å². The normalized spacial score (nSPS) is 14.4. The molecule has 1 aliphatic heterocycles. The highest BCUT2D eigenvalue weighted by atomic mass is 16.5. The highest BCUT2D eigenvalue weighted by molar-refractivity contribution is 5.89. The Bertz CT molecular complexity index is 1150. The number of aromatic amines is 1. The number of ether oxygens (including phenoxy) is 1. The second-order valence-corrected chi connectivity index (χ2v) is 8.62. The fraction of sp³-hybridized carbons (Fsp3) is 0.385. The van der Waals surface area contributed by atoms with Crippen LogP contribution in [-0.4, -0.2) is 60.2 Å². The number of rotatable bonds is 7. The lowest BCUT2D eigenvalue weighted by molar-refractivity contribution is 0.0365. The lowest BCUT2D eigenvalue weighted by Crippen LogP contribution is -2.40. The fourth-order valence-electron chi connectivity index (χ4n) is 4.18. The van der Waals surface area contributed by atoms with Crippen LogP contribution in [0.4, 0.5) is 10.5 Å². The Morgan fingerprint density at radius 1 is 1.12 bits per heavy atom. The third kappa shape index (κ3) is 5.80. The molecule has 2 heterocycles. The number of aryl methyl sites for hydroxylation is 2. The van der Waals surface area contributed by atoms with Gasteiger partial charge in [0.05, 0.1) is 25.3 Å². The summed E-state index contributed by atoms with van der Waals surface area (Å²) >= 11 is 0. The number of nitrogens with zero attached hydrogens (tertiary/aromatic N) is 2. The molecule has 0 unspecified atom stereocenters. The molecule has 3 aromatic rings. The molecule has 0 bridgehead atoms.